The van der Waals surface area contributed by atoms with Crippen LogP contribution in [0, 0.1) is 0 Å². The molecular weight excluding hydrogens is 446 g/mol. The van der Waals surface area contributed by atoms with E-state index in [1.54, 1.807) is 23.1 Å². The molecule has 2 N–H and O–H groups in total. The molecule has 3 rings (SSSR count). The van der Waals surface area contributed by atoms with Gasteiger partial charge >= 0.3 is 0 Å². The molecule has 2 aromatic rings. The number of sulfonamides is 1. The second-order valence-electron chi connectivity index (χ2n) is 8.62. The van der Waals surface area contributed by atoms with Crippen molar-refractivity contribution in [1.29, 1.82) is 0 Å². The summed E-state index contributed by atoms with van der Waals surface area (Å²) in [7, 11) is -2.69. The lowest BCUT2D eigenvalue weighted by Crippen LogP contribution is -2.41. The fourth-order valence-corrected chi connectivity index (χ4v) is 4.45. The summed E-state index contributed by atoms with van der Waals surface area (Å²) in [5.74, 6) is -0.466. The summed E-state index contributed by atoms with van der Waals surface area (Å²) in [6.45, 7) is 7.16. The van der Waals surface area contributed by atoms with Crippen LogP contribution in [-0.4, -0.2) is 64.1 Å². The molecule has 1 fully saturated rings. The third-order valence-electron chi connectivity index (χ3n) is 4.91. The van der Waals surface area contributed by atoms with Gasteiger partial charge in [0.05, 0.1) is 42.0 Å². The van der Waals surface area contributed by atoms with Gasteiger partial charge in [-0.3, -0.25) is 14.3 Å². The number of carbonyl (C=O) groups excluding carboxylic acids is 2. The van der Waals surface area contributed by atoms with Crippen LogP contribution in [0.1, 0.15) is 41.5 Å². The van der Waals surface area contributed by atoms with Crippen molar-refractivity contribution in [3.05, 3.63) is 53.6 Å². The van der Waals surface area contributed by atoms with Crippen molar-refractivity contribution in [3.8, 4) is 5.75 Å². The monoisotopic (exact) mass is 475 g/mol. The Balaban J connectivity index is 1.93. The fraction of sp³-hybridized carbons (Fsp3) is 0.391. The van der Waals surface area contributed by atoms with E-state index in [-0.39, 0.29) is 33.4 Å². The maximum atomic E-state index is 13.2. The number of hydrogen-bond acceptors (Lipinski definition) is 6. The van der Waals surface area contributed by atoms with Crippen LogP contribution < -0.4 is 14.8 Å². The molecule has 0 aromatic heterocycles. The molecular formula is C23H29N3O6S. The highest BCUT2D eigenvalue weighted by Crippen LogP contribution is 2.27. The molecule has 9 nitrogen and oxygen atoms in total. The number of nitrogens with zero attached hydrogens (tertiary/aromatic N) is 1. The predicted octanol–water partition coefficient (Wildman–Crippen LogP) is 2.50. The van der Waals surface area contributed by atoms with Crippen LogP contribution in [0.25, 0.3) is 0 Å². The molecule has 178 valence electrons. The minimum atomic E-state index is -4.11. The number of benzene rings is 2. The van der Waals surface area contributed by atoms with Gasteiger partial charge in [0.2, 0.25) is 0 Å². The number of amides is 2. The molecule has 1 heterocycles. The molecule has 0 atom stereocenters. The lowest BCUT2D eigenvalue weighted by Gasteiger charge is -2.27. The first-order valence-electron chi connectivity index (χ1n) is 10.5. The van der Waals surface area contributed by atoms with Crippen LogP contribution in [0.3, 0.4) is 0 Å². The Morgan fingerprint density at radius 1 is 1.03 bits per heavy atom. The van der Waals surface area contributed by atoms with Crippen LogP contribution in [-0.2, 0) is 14.8 Å². The Morgan fingerprint density at radius 3 is 2.33 bits per heavy atom. The molecule has 1 aliphatic heterocycles. The lowest BCUT2D eigenvalue weighted by atomic mass is 10.1. The van der Waals surface area contributed by atoms with Crippen LogP contribution in [0.2, 0.25) is 0 Å². The van der Waals surface area contributed by atoms with E-state index in [4.69, 9.17) is 9.47 Å². The van der Waals surface area contributed by atoms with E-state index in [0.29, 0.717) is 26.3 Å². The number of rotatable bonds is 6. The van der Waals surface area contributed by atoms with Crippen molar-refractivity contribution >= 4 is 27.5 Å². The molecule has 0 saturated carbocycles. The quantitative estimate of drug-likeness (QED) is 0.664. The fourth-order valence-electron chi connectivity index (χ4n) is 3.34. The summed E-state index contributed by atoms with van der Waals surface area (Å²) in [6.07, 6.45) is 0. The number of methoxy groups -OCH3 is 1. The SMILES string of the molecule is COc1ccc(S(=O)(=O)Nc2ccccc2C(=O)NC(C)(C)C)cc1C(=O)N1CCOCC1. The largest absolute Gasteiger partial charge is 0.496 e. The highest BCUT2D eigenvalue weighted by molar-refractivity contribution is 7.92. The Kier molecular flexibility index (Phi) is 7.28. The minimum Gasteiger partial charge on any atom is -0.496 e. The average Bonchev–Trinajstić information content (AvgIpc) is 2.77. The lowest BCUT2D eigenvalue weighted by molar-refractivity contribution is 0.0300. The zero-order valence-corrected chi connectivity index (χ0v) is 20.0. The summed E-state index contributed by atoms with van der Waals surface area (Å²) in [5.41, 5.74) is -0.0281. The van der Waals surface area contributed by atoms with E-state index >= 15 is 0 Å². The van der Waals surface area contributed by atoms with Crippen LogP contribution >= 0.6 is 0 Å². The first-order chi connectivity index (χ1) is 15.5. The van der Waals surface area contributed by atoms with Crippen molar-refractivity contribution in [2.45, 2.75) is 31.2 Å². The Hall–Kier alpha value is -3.11. The van der Waals surface area contributed by atoms with Crippen LogP contribution in [0.15, 0.2) is 47.4 Å². The van der Waals surface area contributed by atoms with E-state index in [1.165, 1.54) is 31.4 Å². The van der Waals surface area contributed by atoms with E-state index in [1.807, 2.05) is 20.8 Å². The van der Waals surface area contributed by atoms with E-state index in [9.17, 15) is 18.0 Å². The number of nitrogens with one attached hydrogen (secondary N) is 2. The summed E-state index contributed by atoms with van der Waals surface area (Å²) in [6, 6.07) is 10.4. The van der Waals surface area contributed by atoms with Gasteiger partial charge in [0.25, 0.3) is 21.8 Å². The zero-order chi connectivity index (χ0) is 24.2. The van der Waals surface area contributed by atoms with E-state index in [2.05, 4.69) is 10.0 Å². The number of anilines is 1. The minimum absolute atomic E-state index is 0.119. The molecule has 0 spiro atoms. The van der Waals surface area contributed by atoms with Gasteiger partial charge in [0, 0.05) is 18.6 Å². The molecule has 2 amide bonds. The van der Waals surface area contributed by atoms with Gasteiger partial charge < -0.3 is 19.7 Å². The predicted molar refractivity (Wildman–Crippen MR) is 124 cm³/mol. The molecule has 33 heavy (non-hydrogen) atoms. The molecule has 0 radical (unpaired) electrons. The normalized spacial score (nSPS) is 14.5. The maximum Gasteiger partial charge on any atom is 0.261 e. The van der Waals surface area contributed by atoms with Gasteiger partial charge in [-0.25, -0.2) is 8.42 Å². The smallest absolute Gasteiger partial charge is 0.261 e. The maximum absolute atomic E-state index is 13.2. The number of para-hydroxylation sites is 1. The first-order valence-corrected chi connectivity index (χ1v) is 12.0. The van der Waals surface area contributed by atoms with Gasteiger partial charge in [-0.1, -0.05) is 12.1 Å². The van der Waals surface area contributed by atoms with Gasteiger partial charge in [-0.05, 0) is 51.1 Å². The molecule has 10 heteroatoms. The third kappa shape index (κ3) is 6.02. The Labute approximate surface area is 194 Å². The van der Waals surface area contributed by atoms with E-state index in [0.717, 1.165) is 0 Å². The highest BCUT2D eigenvalue weighted by Gasteiger charge is 2.26. The Morgan fingerprint density at radius 2 is 1.70 bits per heavy atom. The summed E-state index contributed by atoms with van der Waals surface area (Å²) < 4.78 is 39.4. The van der Waals surface area contributed by atoms with Gasteiger partial charge in [-0.2, -0.15) is 0 Å². The van der Waals surface area contributed by atoms with Crippen LogP contribution in [0.4, 0.5) is 5.69 Å². The standard InChI is InChI=1S/C23H29N3O6S/c1-23(2,3)24-21(27)17-7-5-6-8-19(17)25-33(29,30)16-9-10-20(31-4)18(15-16)22(28)26-11-13-32-14-12-26/h5-10,15,25H,11-14H2,1-4H3,(H,24,27). The van der Waals surface area contributed by atoms with Gasteiger partial charge in [-0.15, -0.1) is 0 Å². The third-order valence-corrected chi connectivity index (χ3v) is 6.28. The number of ether oxygens (including phenoxy) is 2. The molecule has 1 aliphatic rings. The zero-order valence-electron chi connectivity index (χ0n) is 19.2. The number of hydrogen-bond donors (Lipinski definition) is 2. The van der Waals surface area contributed by atoms with Crippen molar-refractivity contribution < 1.29 is 27.5 Å². The summed E-state index contributed by atoms with van der Waals surface area (Å²) in [4.78, 5) is 27.2. The summed E-state index contributed by atoms with van der Waals surface area (Å²) in [5, 5.41) is 2.83. The van der Waals surface area contributed by atoms with Crippen molar-refractivity contribution in [2.75, 3.05) is 38.1 Å². The molecule has 1 saturated heterocycles. The second-order valence-corrected chi connectivity index (χ2v) is 10.3. The summed E-state index contributed by atoms with van der Waals surface area (Å²) >= 11 is 0. The number of morpholine rings is 1. The molecule has 0 bridgehead atoms. The Bertz CT molecular complexity index is 1140. The van der Waals surface area contributed by atoms with Gasteiger partial charge in [0.1, 0.15) is 5.75 Å². The van der Waals surface area contributed by atoms with Crippen LogP contribution in [0.5, 0.6) is 5.75 Å². The number of carbonyl (C=O) groups is 2. The van der Waals surface area contributed by atoms with E-state index < -0.39 is 21.5 Å². The second kappa shape index (κ2) is 9.80. The topological polar surface area (TPSA) is 114 Å². The van der Waals surface area contributed by atoms with Gasteiger partial charge in [0.15, 0.2) is 0 Å². The first kappa shape index (κ1) is 24.5. The van der Waals surface area contributed by atoms with Crippen molar-refractivity contribution in [1.82, 2.24) is 10.2 Å². The highest BCUT2D eigenvalue weighted by atomic mass is 32.2. The van der Waals surface area contributed by atoms with Crippen molar-refractivity contribution in [3.63, 3.8) is 0 Å². The molecule has 2 aromatic carbocycles. The molecule has 0 aliphatic carbocycles. The van der Waals surface area contributed by atoms with Crippen molar-refractivity contribution in [2.24, 2.45) is 0 Å². The molecule has 0 unspecified atom stereocenters. The average molecular weight is 476 g/mol.